The van der Waals surface area contributed by atoms with Crippen molar-refractivity contribution in [2.24, 2.45) is 11.8 Å². The van der Waals surface area contributed by atoms with Crippen molar-refractivity contribution in [3.05, 3.63) is 0 Å². The fraction of sp³-hybridized carbons (Fsp3) is 1.00. The van der Waals surface area contributed by atoms with Gasteiger partial charge in [-0.15, -0.1) is 0 Å². The van der Waals surface area contributed by atoms with Crippen LogP contribution in [0.4, 0.5) is 0 Å². The predicted octanol–water partition coefficient (Wildman–Crippen LogP) is 3.28. The summed E-state index contributed by atoms with van der Waals surface area (Å²) < 4.78 is 0. The van der Waals surface area contributed by atoms with E-state index in [4.69, 9.17) is 0 Å². The molecule has 1 saturated carbocycles. The molecule has 0 aromatic rings. The molecule has 1 aliphatic carbocycles. The van der Waals surface area contributed by atoms with E-state index >= 15 is 0 Å². The van der Waals surface area contributed by atoms with E-state index in [2.05, 4.69) is 31.1 Å². The fourth-order valence-corrected chi connectivity index (χ4v) is 3.94. The third kappa shape index (κ3) is 3.96. The highest BCUT2D eigenvalue weighted by Gasteiger charge is 2.27. The van der Waals surface area contributed by atoms with Crippen LogP contribution < -0.4 is 5.32 Å². The molecular formula is C16H32N2. The highest BCUT2D eigenvalue weighted by molar-refractivity contribution is 4.84. The molecule has 18 heavy (non-hydrogen) atoms. The van der Waals surface area contributed by atoms with Crippen molar-refractivity contribution in [1.29, 1.82) is 0 Å². The molecular weight excluding hydrogens is 220 g/mol. The summed E-state index contributed by atoms with van der Waals surface area (Å²) in [6, 6.07) is 1.50. The zero-order valence-corrected chi connectivity index (χ0v) is 12.6. The van der Waals surface area contributed by atoms with Crippen molar-refractivity contribution in [3.63, 3.8) is 0 Å². The Morgan fingerprint density at radius 2 is 2.06 bits per heavy atom. The molecule has 0 bridgehead atoms. The molecule has 0 radical (unpaired) electrons. The number of piperidine rings is 1. The van der Waals surface area contributed by atoms with Crippen LogP contribution in [0.2, 0.25) is 0 Å². The van der Waals surface area contributed by atoms with E-state index in [0.29, 0.717) is 6.04 Å². The molecule has 2 aliphatic rings. The maximum absolute atomic E-state index is 3.95. The van der Waals surface area contributed by atoms with Crippen LogP contribution in [0.15, 0.2) is 0 Å². The first kappa shape index (κ1) is 14.3. The van der Waals surface area contributed by atoms with Crippen molar-refractivity contribution in [3.8, 4) is 0 Å². The third-order valence-electron chi connectivity index (χ3n) is 5.23. The van der Waals surface area contributed by atoms with Gasteiger partial charge in [0.1, 0.15) is 0 Å². The first-order chi connectivity index (χ1) is 8.69. The van der Waals surface area contributed by atoms with E-state index in [9.17, 15) is 0 Å². The first-order valence-corrected chi connectivity index (χ1v) is 8.13. The van der Waals surface area contributed by atoms with Gasteiger partial charge < -0.3 is 10.2 Å². The molecule has 2 heteroatoms. The lowest BCUT2D eigenvalue weighted by molar-refractivity contribution is 0.161. The minimum Gasteiger partial charge on any atom is -0.311 e. The van der Waals surface area contributed by atoms with E-state index in [0.717, 1.165) is 17.9 Å². The van der Waals surface area contributed by atoms with Gasteiger partial charge in [-0.25, -0.2) is 0 Å². The van der Waals surface area contributed by atoms with Crippen molar-refractivity contribution in [2.45, 2.75) is 70.9 Å². The molecule has 1 saturated heterocycles. The highest BCUT2D eigenvalue weighted by Crippen LogP contribution is 2.28. The molecule has 0 aromatic heterocycles. The summed E-state index contributed by atoms with van der Waals surface area (Å²) in [4.78, 5) is 2.50. The van der Waals surface area contributed by atoms with Crippen LogP contribution in [0.1, 0.15) is 58.8 Å². The van der Waals surface area contributed by atoms with Crippen LogP contribution in [-0.2, 0) is 0 Å². The molecule has 2 nitrogen and oxygen atoms in total. The third-order valence-corrected chi connectivity index (χ3v) is 5.23. The predicted molar refractivity (Wildman–Crippen MR) is 78.9 cm³/mol. The second-order valence-corrected chi connectivity index (χ2v) is 6.76. The number of rotatable bonds is 4. The fourth-order valence-electron chi connectivity index (χ4n) is 3.94. The molecule has 1 heterocycles. The Labute approximate surface area is 114 Å². The van der Waals surface area contributed by atoms with Crippen LogP contribution in [0.25, 0.3) is 0 Å². The van der Waals surface area contributed by atoms with Crippen LogP contribution >= 0.6 is 0 Å². The van der Waals surface area contributed by atoms with E-state index in [1.165, 1.54) is 58.0 Å². The molecule has 0 spiro atoms. The summed E-state index contributed by atoms with van der Waals surface area (Å²) in [6.07, 6.45) is 9.91. The second kappa shape index (κ2) is 6.91. The summed E-state index contributed by atoms with van der Waals surface area (Å²) in [7, 11) is 2.27. The zero-order chi connectivity index (χ0) is 13.0. The SMILES string of the molecule is CCC1CCCC(NC(C)C2CCCN(C)C2)C1. The Bertz CT molecular complexity index is 241. The lowest BCUT2D eigenvalue weighted by Crippen LogP contribution is -2.47. The van der Waals surface area contributed by atoms with Gasteiger partial charge in [0.2, 0.25) is 0 Å². The number of nitrogens with zero attached hydrogens (tertiary/aromatic N) is 1. The van der Waals surface area contributed by atoms with Crippen LogP contribution in [0, 0.1) is 11.8 Å². The minimum atomic E-state index is 0.702. The maximum atomic E-state index is 3.95. The Kier molecular flexibility index (Phi) is 5.50. The molecule has 2 fully saturated rings. The standard InChI is InChI=1S/C16H32N2/c1-4-14-7-5-9-16(11-14)17-13(2)15-8-6-10-18(3)12-15/h13-17H,4-12H2,1-3H3. The Morgan fingerprint density at radius 1 is 1.22 bits per heavy atom. The monoisotopic (exact) mass is 252 g/mol. The molecule has 0 amide bonds. The van der Waals surface area contributed by atoms with Crippen molar-refractivity contribution >= 4 is 0 Å². The quantitative estimate of drug-likeness (QED) is 0.826. The van der Waals surface area contributed by atoms with Gasteiger partial charge in [-0.1, -0.05) is 26.2 Å². The molecule has 1 aliphatic heterocycles. The topological polar surface area (TPSA) is 15.3 Å². The number of hydrogen-bond acceptors (Lipinski definition) is 2. The summed E-state index contributed by atoms with van der Waals surface area (Å²) in [5, 5.41) is 3.95. The van der Waals surface area contributed by atoms with Gasteiger partial charge in [-0.2, -0.15) is 0 Å². The average Bonchev–Trinajstić information content (AvgIpc) is 2.39. The van der Waals surface area contributed by atoms with Crippen molar-refractivity contribution in [1.82, 2.24) is 10.2 Å². The van der Waals surface area contributed by atoms with Gasteiger partial charge in [-0.3, -0.25) is 0 Å². The Hall–Kier alpha value is -0.0800. The maximum Gasteiger partial charge on any atom is 0.00818 e. The smallest absolute Gasteiger partial charge is 0.00818 e. The van der Waals surface area contributed by atoms with Gasteiger partial charge in [0.25, 0.3) is 0 Å². The zero-order valence-electron chi connectivity index (χ0n) is 12.6. The van der Waals surface area contributed by atoms with Crippen LogP contribution in [0.5, 0.6) is 0 Å². The van der Waals surface area contributed by atoms with E-state index < -0.39 is 0 Å². The average molecular weight is 252 g/mol. The summed E-state index contributed by atoms with van der Waals surface area (Å²) in [5.41, 5.74) is 0. The Balaban J connectivity index is 1.77. The van der Waals surface area contributed by atoms with Gasteiger partial charge in [-0.05, 0) is 58.0 Å². The second-order valence-electron chi connectivity index (χ2n) is 6.76. The van der Waals surface area contributed by atoms with Crippen molar-refractivity contribution in [2.75, 3.05) is 20.1 Å². The molecule has 4 atom stereocenters. The van der Waals surface area contributed by atoms with Gasteiger partial charge in [0.05, 0.1) is 0 Å². The first-order valence-electron chi connectivity index (χ1n) is 8.13. The molecule has 1 N–H and O–H groups in total. The summed E-state index contributed by atoms with van der Waals surface area (Å²) in [6.45, 7) is 7.36. The number of nitrogens with one attached hydrogen (secondary N) is 1. The van der Waals surface area contributed by atoms with Crippen LogP contribution in [0.3, 0.4) is 0 Å². The van der Waals surface area contributed by atoms with E-state index in [1.807, 2.05) is 0 Å². The number of hydrogen-bond donors (Lipinski definition) is 1. The van der Waals surface area contributed by atoms with Crippen LogP contribution in [-0.4, -0.2) is 37.1 Å². The lowest BCUT2D eigenvalue weighted by Gasteiger charge is -2.37. The molecule has 0 aromatic carbocycles. The summed E-state index contributed by atoms with van der Waals surface area (Å²) in [5.74, 6) is 1.85. The van der Waals surface area contributed by atoms with E-state index in [-0.39, 0.29) is 0 Å². The largest absolute Gasteiger partial charge is 0.311 e. The Morgan fingerprint density at radius 3 is 2.78 bits per heavy atom. The summed E-state index contributed by atoms with van der Waals surface area (Å²) >= 11 is 0. The van der Waals surface area contributed by atoms with Gasteiger partial charge in [0.15, 0.2) is 0 Å². The van der Waals surface area contributed by atoms with E-state index in [1.54, 1.807) is 0 Å². The van der Waals surface area contributed by atoms with Gasteiger partial charge >= 0.3 is 0 Å². The lowest BCUT2D eigenvalue weighted by atomic mass is 9.83. The van der Waals surface area contributed by atoms with Crippen molar-refractivity contribution < 1.29 is 0 Å². The molecule has 4 unspecified atom stereocenters. The molecule has 106 valence electrons. The normalized spacial score (nSPS) is 36.5. The highest BCUT2D eigenvalue weighted by atomic mass is 15.1. The molecule has 2 rings (SSSR count). The number of likely N-dealkylation sites (tertiary alicyclic amines) is 1. The minimum absolute atomic E-state index is 0.702. The van der Waals surface area contributed by atoms with Gasteiger partial charge in [0, 0.05) is 18.6 Å².